The highest BCUT2D eigenvalue weighted by atomic mass is 16.2. The van der Waals surface area contributed by atoms with Crippen molar-refractivity contribution in [1.29, 1.82) is 0 Å². The number of hydrogen-bond acceptors (Lipinski definition) is 3. The van der Waals surface area contributed by atoms with Gasteiger partial charge in [0.05, 0.1) is 17.5 Å². The van der Waals surface area contributed by atoms with Crippen molar-refractivity contribution in [2.24, 2.45) is 11.8 Å². The maximum Gasteiger partial charge on any atom is 0.237 e. The summed E-state index contributed by atoms with van der Waals surface area (Å²) in [7, 11) is 1.88. The zero-order valence-corrected chi connectivity index (χ0v) is 9.64. The lowest BCUT2D eigenvalue weighted by atomic mass is 10.2. The quantitative estimate of drug-likeness (QED) is 0.785. The number of benzene rings is 1. The molecule has 2 atom stereocenters. The summed E-state index contributed by atoms with van der Waals surface area (Å²) < 4.78 is 0. The van der Waals surface area contributed by atoms with Gasteiger partial charge in [0, 0.05) is 6.54 Å². The van der Waals surface area contributed by atoms with Crippen molar-refractivity contribution in [2.45, 2.75) is 13.0 Å². The van der Waals surface area contributed by atoms with Crippen LogP contribution in [0.2, 0.25) is 0 Å². The van der Waals surface area contributed by atoms with Crippen molar-refractivity contribution in [2.75, 3.05) is 11.9 Å². The number of nitrogens with zero attached hydrogens (tertiary/aromatic N) is 1. The number of carbonyl (C=O) groups excluding carboxylic acids is 2. The van der Waals surface area contributed by atoms with E-state index in [1.165, 1.54) is 4.90 Å². The standard InChI is InChI=1S/C13H14N2O2/c1-14-7-8-2-4-9(5-3-8)15-12(16)10-6-11(10)13(15)17/h2-5,10-11,14H,6-7H2,1H3. The summed E-state index contributed by atoms with van der Waals surface area (Å²) in [6.45, 7) is 0.785. The molecule has 17 heavy (non-hydrogen) atoms. The van der Waals surface area contributed by atoms with Gasteiger partial charge >= 0.3 is 0 Å². The molecule has 3 rings (SSSR count). The van der Waals surface area contributed by atoms with Gasteiger partial charge in [-0.05, 0) is 31.2 Å². The van der Waals surface area contributed by atoms with Crippen LogP contribution in [0.25, 0.3) is 0 Å². The van der Waals surface area contributed by atoms with Gasteiger partial charge < -0.3 is 5.32 Å². The molecule has 2 fully saturated rings. The number of amides is 2. The number of nitrogens with one attached hydrogen (secondary N) is 1. The third kappa shape index (κ3) is 1.56. The van der Waals surface area contributed by atoms with Crippen LogP contribution in [0.3, 0.4) is 0 Å². The van der Waals surface area contributed by atoms with Crippen LogP contribution in [-0.2, 0) is 16.1 Å². The largest absolute Gasteiger partial charge is 0.316 e. The van der Waals surface area contributed by atoms with Crippen LogP contribution in [-0.4, -0.2) is 18.9 Å². The van der Waals surface area contributed by atoms with Gasteiger partial charge in [0.2, 0.25) is 11.8 Å². The van der Waals surface area contributed by atoms with Crippen molar-refractivity contribution in [3.63, 3.8) is 0 Å². The average molecular weight is 230 g/mol. The van der Waals surface area contributed by atoms with Crippen LogP contribution in [0.5, 0.6) is 0 Å². The molecule has 0 aromatic heterocycles. The predicted octanol–water partition coefficient (Wildman–Crippen LogP) is 0.915. The first kappa shape index (κ1) is 10.5. The van der Waals surface area contributed by atoms with Gasteiger partial charge in [0.25, 0.3) is 0 Å². The Labute approximate surface area is 99.6 Å². The molecule has 2 amide bonds. The first-order valence-corrected chi connectivity index (χ1v) is 5.83. The van der Waals surface area contributed by atoms with E-state index in [9.17, 15) is 9.59 Å². The van der Waals surface area contributed by atoms with Gasteiger partial charge in [-0.25, -0.2) is 0 Å². The Balaban J connectivity index is 1.85. The molecule has 1 saturated heterocycles. The van der Waals surface area contributed by atoms with Crippen LogP contribution in [0.15, 0.2) is 24.3 Å². The maximum atomic E-state index is 11.9. The lowest BCUT2D eigenvalue weighted by Gasteiger charge is -2.16. The number of hydrogen-bond donors (Lipinski definition) is 1. The maximum absolute atomic E-state index is 11.9. The molecule has 1 aromatic rings. The van der Waals surface area contributed by atoms with Crippen LogP contribution in [0, 0.1) is 11.8 Å². The second-order valence-corrected chi connectivity index (χ2v) is 4.66. The molecule has 1 N–H and O–H groups in total. The number of piperidine rings is 1. The van der Waals surface area contributed by atoms with Gasteiger partial charge in [0.15, 0.2) is 0 Å². The second kappa shape index (κ2) is 3.67. The Bertz CT molecular complexity index is 461. The predicted molar refractivity (Wildman–Crippen MR) is 63.3 cm³/mol. The third-order valence-electron chi connectivity index (χ3n) is 3.44. The SMILES string of the molecule is CNCc1ccc(N2C(=O)C3CC3C2=O)cc1. The summed E-state index contributed by atoms with van der Waals surface area (Å²) in [6.07, 6.45) is 0.756. The van der Waals surface area contributed by atoms with Crippen LogP contribution in [0.4, 0.5) is 5.69 Å². The summed E-state index contributed by atoms with van der Waals surface area (Å²) in [5.41, 5.74) is 1.84. The molecule has 1 saturated carbocycles. The van der Waals surface area contributed by atoms with E-state index in [2.05, 4.69) is 5.32 Å². The van der Waals surface area contributed by atoms with E-state index in [1.807, 2.05) is 31.3 Å². The van der Waals surface area contributed by atoms with Gasteiger partial charge in [-0.15, -0.1) is 0 Å². The molecule has 2 aliphatic rings. The number of rotatable bonds is 3. The van der Waals surface area contributed by atoms with Crippen LogP contribution >= 0.6 is 0 Å². The monoisotopic (exact) mass is 230 g/mol. The Morgan fingerprint density at radius 2 is 1.76 bits per heavy atom. The lowest BCUT2D eigenvalue weighted by molar-refractivity contribution is -0.123. The molecule has 0 radical (unpaired) electrons. The topological polar surface area (TPSA) is 49.4 Å². The van der Waals surface area contributed by atoms with Crippen molar-refractivity contribution in [3.05, 3.63) is 29.8 Å². The van der Waals surface area contributed by atoms with E-state index in [4.69, 9.17) is 0 Å². The van der Waals surface area contributed by atoms with Gasteiger partial charge in [-0.1, -0.05) is 12.1 Å². The Morgan fingerprint density at radius 1 is 1.18 bits per heavy atom. The summed E-state index contributed by atoms with van der Waals surface area (Å²) in [6, 6.07) is 7.56. The van der Waals surface area contributed by atoms with Crippen LogP contribution in [0.1, 0.15) is 12.0 Å². The number of fused-ring (bicyclic) bond motifs is 1. The molecular formula is C13H14N2O2. The fourth-order valence-corrected chi connectivity index (χ4v) is 2.40. The third-order valence-corrected chi connectivity index (χ3v) is 3.44. The van der Waals surface area contributed by atoms with E-state index in [-0.39, 0.29) is 23.7 Å². The molecule has 1 heterocycles. The first-order valence-electron chi connectivity index (χ1n) is 5.83. The summed E-state index contributed by atoms with van der Waals surface area (Å²) in [5.74, 6) is -0.110. The number of imide groups is 1. The highest BCUT2D eigenvalue weighted by Crippen LogP contribution is 2.48. The van der Waals surface area contributed by atoms with Crippen molar-refractivity contribution in [3.8, 4) is 0 Å². The van der Waals surface area contributed by atoms with Crippen LogP contribution < -0.4 is 10.2 Å². The highest BCUT2D eigenvalue weighted by molar-refractivity contribution is 6.24. The highest BCUT2D eigenvalue weighted by Gasteiger charge is 2.59. The van der Waals surface area contributed by atoms with Gasteiger partial charge in [-0.3, -0.25) is 14.5 Å². The molecule has 1 aromatic carbocycles. The molecule has 4 nitrogen and oxygen atoms in total. The van der Waals surface area contributed by atoms with Crippen molar-refractivity contribution in [1.82, 2.24) is 5.32 Å². The minimum absolute atomic E-state index is 0.0265. The van der Waals surface area contributed by atoms with E-state index in [1.54, 1.807) is 0 Å². The van der Waals surface area contributed by atoms with Crippen molar-refractivity contribution < 1.29 is 9.59 Å². The minimum Gasteiger partial charge on any atom is -0.316 e. The molecule has 4 heteroatoms. The molecule has 88 valence electrons. The fraction of sp³-hybridized carbons (Fsp3) is 0.385. The lowest BCUT2D eigenvalue weighted by Crippen LogP contribution is -2.32. The van der Waals surface area contributed by atoms with E-state index in [0.29, 0.717) is 5.69 Å². The molecule has 2 unspecified atom stereocenters. The zero-order valence-electron chi connectivity index (χ0n) is 9.64. The van der Waals surface area contributed by atoms with Crippen molar-refractivity contribution >= 4 is 17.5 Å². The molecular weight excluding hydrogens is 216 g/mol. The minimum atomic E-state index is -0.0283. The molecule has 0 bridgehead atoms. The first-order chi connectivity index (χ1) is 8.22. The Morgan fingerprint density at radius 3 is 2.29 bits per heavy atom. The molecule has 1 aliphatic heterocycles. The molecule has 1 aliphatic carbocycles. The van der Waals surface area contributed by atoms with E-state index in [0.717, 1.165) is 18.5 Å². The Kier molecular flexibility index (Phi) is 2.26. The van der Waals surface area contributed by atoms with E-state index >= 15 is 0 Å². The summed E-state index contributed by atoms with van der Waals surface area (Å²) in [4.78, 5) is 25.1. The average Bonchev–Trinajstić information content (AvgIpc) is 3.07. The number of anilines is 1. The normalized spacial score (nSPS) is 26.3. The Hall–Kier alpha value is -1.68. The van der Waals surface area contributed by atoms with E-state index < -0.39 is 0 Å². The zero-order chi connectivity index (χ0) is 12.0. The molecule has 0 spiro atoms. The smallest absolute Gasteiger partial charge is 0.237 e. The fourth-order valence-electron chi connectivity index (χ4n) is 2.40. The van der Waals surface area contributed by atoms with Gasteiger partial charge in [-0.2, -0.15) is 0 Å². The second-order valence-electron chi connectivity index (χ2n) is 4.66. The summed E-state index contributed by atoms with van der Waals surface area (Å²) in [5, 5.41) is 3.06. The number of carbonyl (C=O) groups is 2. The van der Waals surface area contributed by atoms with Gasteiger partial charge in [0.1, 0.15) is 0 Å². The summed E-state index contributed by atoms with van der Waals surface area (Å²) >= 11 is 0.